The van der Waals surface area contributed by atoms with Gasteiger partial charge in [-0.1, -0.05) is 5.21 Å². The first kappa shape index (κ1) is 4.43. The molecule has 0 N–H and O–H groups in total. The van der Waals surface area contributed by atoms with E-state index in [1.165, 1.54) is 0 Å². The van der Waals surface area contributed by atoms with E-state index in [4.69, 9.17) is 0 Å². The van der Waals surface area contributed by atoms with Crippen molar-refractivity contribution in [2.75, 3.05) is 0 Å². The number of imidazole rings is 1. The van der Waals surface area contributed by atoms with Gasteiger partial charge in [0, 0.05) is 12.3 Å². The summed E-state index contributed by atoms with van der Waals surface area (Å²) in [6.45, 7) is 0. The molecule has 0 aromatic carbocycles. The molecule has 0 saturated heterocycles. The quantitative estimate of drug-likeness (QED) is 0.496. The predicted molar refractivity (Wildman–Crippen MR) is 30.8 cm³/mol. The van der Waals surface area contributed by atoms with E-state index in [1.807, 2.05) is 0 Å². The lowest BCUT2D eigenvalue weighted by molar-refractivity contribution is 0.807. The van der Waals surface area contributed by atoms with Crippen LogP contribution in [0.3, 0.4) is 0 Å². The summed E-state index contributed by atoms with van der Waals surface area (Å²) < 4.78 is 1.61. The summed E-state index contributed by atoms with van der Waals surface area (Å²) in [5.41, 5.74) is 0.824. The largest absolute Gasteiger partial charge is 0.235 e. The minimum absolute atomic E-state index is 0.824. The third-order valence-corrected chi connectivity index (χ3v) is 1.09. The Kier molecular flexibility index (Phi) is 0.745. The summed E-state index contributed by atoms with van der Waals surface area (Å²) in [7, 11) is 0. The molecule has 2 rings (SSSR count). The zero-order chi connectivity index (χ0) is 6.10. The van der Waals surface area contributed by atoms with Crippen LogP contribution in [0.1, 0.15) is 0 Å². The molecule has 2 aromatic heterocycles. The third kappa shape index (κ3) is 0.561. The van der Waals surface area contributed by atoms with Crippen molar-refractivity contribution < 1.29 is 0 Å². The molecule has 0 aliphatic carbocycles. The third-order valence-electron chi connectivity index (χ3n) is 1.09. The Bertz CT molecular complexity index is 283. The van der Waals surface area contributed by atoms with Crippen LogP contribution < -0.4 is 0 Å². The van der Waals surface area contributed by atoms with E-state index in [0.717, 1.165) is 5.65 Å². The molecule has 0 bridgehead atoms. The van der Waals surface area contributed by atoms with E-state index in [0.29, 0.717) is 0 Å². The predicted octanol–water partition coefficient (Wildman–Crippen LogP) is 0.124. The molecule has 9 heavy (non-hydrogen) atoms. The molecular weight excluding hydrogens is 116 g/mol. The van der Waals surface area contributed by atoms with E-state index in [2.05, 4.69) is 15.3 Å². The van der Waals surface area contributed by atoms with Gasteiger partial charge >= 0.3 is 0 Å². The topological polar surface area (TPSA) is 43.1 Å². The molecule has 2 heterocycles. The maximum absolute atomic E-state index is 3.98. The molecule has 0 aliphatic rings. The van der Waals surface area contributed by atoms with Gasteiger partial charge < -0.3 is 0 Å². The van der Waals surface area contributed by atoms with Gasteiger partial charge in [-0.05, 0) is 0 Å². The first-order valence-electron chi connectivity index (χ1n) is 2.58. The van der Waals surface area contributed by atoms with Gasteiger partial charge in [0.25, 0.3) is 0 Å². The molecule has 0 spiro atoms. The van der Waals surface area contributed by atoms with Gasteiger partial charge in [-0.15, -0.1) is 5.10 Å². The molecule has 2 aromatic rings. The smallest absolute Gasteiger partial charge is 0.156 e. The van der Waals surface area contributed by atoms with E-state index in [-0.39, 0.29) is 0 Å². The highest BCUT2D eigenvalue weighted by atomic mass is 15.4. The van der Waals surface area contributed by atoms with Crippen LogP contribution in [-0.4, -0.2) is 19.8 Å². The summed E-state index contributed by atoms with van der Waals surface area (Å²) in [4.78, 5) is 3.98. The Balaban J connectivity index is 2.95. The van der Waals surface area contributed by atoms with Crippen LogP contribution in [0.2, 0.25) is 0 Å². The average molecular weight is 120 g/mol. The normalized spacial score (nSPS) is 10.2. The van der Waals surface area contributed by atoms with Gasteiger partial charge in [0.05, 0.1) is 12.4 Å². The summed E-state index contributed by atoms with van der Waals surface area (Å²) in [6, 6.07) is 1.80. The van der Waals surface area contributed by atoms with Crippen LogP contribution in [0, 0.1) is 0 Å². The Morgan fingerprint density at radius 3 is 3.22 bits per heavy atom. The molecule has 4 nitrogen and oxygen atoms in total. The maximum Gasteiger partial charge on any atom is 0.156 e. The van der Waals surface area contributed by atoms with Gasteiger partial charge in [0.1, 0.15) is 0 Å². The van der Waals surface area contributed by atoms with Crippen molar-refractivity contribution in [3.63, 3.8) is 0 Å². The molecule has 0 atom stereocenters. The maximum atomic E-state index is 3.98. The first-order chi connectivity index (χ1) is 4.47. The molecular formula is C5H4N4. The van der Waals surface area contributed by atoms with E-state index in [9.17, 15) is 0 Å². The van der Waals surface area contributed by atoms with Crippen LogP contribution in [0.25, 0.3) is 5.65 Å². The SMILES string of the molecule is c1cc2nccn2nn1. The number of fused-ring (bicyclic) bond motifs is 1. The lowest BCUT2D eigenvalue weighted by Crippen LogP contribution is -1.90. The highest BCUT2D eigenvalue weighted by Gasteiger charge is 1.88. The Hall–Kier alpha value is -1.45. The zero-order valence-electron chi connectivity index (χ0n) is 4.60. The summed E-state index contributed by atoms with van der Waals surface area (Å²) >= 11 is 0. The highest BCUT2D eigenvalue weighted by molar-refractivity contribution is 5.33. The van der Waals surface area contributed by atoms with Crippen molar-refractivity contribution in [2.24, 2.45) is 0 Å². The van der Waals surface area contributed by atoms with Crippen LogP contribution >= 0.6 is 0 Å². The van der Waals surface area contributed by atoms with Crippen molar-refractivity contribution in [2.45, 2.75) is 0 Å². The highest BCUT2D eigenvalue weighted by Crippen LogP contribution is 1.91. The fourth-order valence-corrected chi connectivity index (χ4v) is 0.689. The van der Waals surface area contributed by atoms with Gasteiger partial charge in [0.15, 0.2) is 5.65 Å². The second-order valence-corrected chi connectivity index (χ2v) is 1.65. The molecule has 0 amide bonds. The fraction of sp³-hybridized carbons (Fsp3) is 0. The van der Waals surface area contributed by atoms with Crippen molar-refractivity contribution in [1.82, 2.24) is 19.8 Å². The van der Waals surface area contributed by atoms with E-state index in [1.54, 1.807) is 29.2 Å². The first-order valence-corrected chi connectivity index (χ1v) is 2.58. The Morgan fingerprint density at radius 2 is 2.33 bits per heavy atom. The van der Waals surface area contributed by atoms with Gasteiger partial charge in [-0.25, -0.2) is 9.50 Å². The van der Waals surface area contributed by atoms with Crippen molar-refractivity contribution in [3.8, 4) is 0 Å². The lowest BCUT2D eigenvalue weighted by Gasteiger charge is -1.83. The van der Waals surface area contributed by atoms with Crippen molar-refractivity contribution in [3.05, 3.63) is 24.7 Å². The van der Waals surface area contributed by atoms with Gasteiger partial charge in [-0.2, -0.15) is 0 Å². The molecule has 0 radical (unpaired) electrons. The number of hydrogen-bond donors (Lipinski definition) is 0. The second-order valence-electron chi connectivity index (χ2n) is 1.65. The zero-order valence-corrected chi connectivity index (χ0v) is 4.60. The monoisotopic (exact) mass is 120 g/mol. The molecule has 0 unspecified atom stereocenters. The number of rotatable bonds is 0. The van der Waals surface area contributed by atoms with Crippen LogP contribution in [0.5, 0.6) is 0 Å². The van der Waals surface area contributed by atoms with Crippen LogP contribution in [-0.2, 0) is 0 Å². The molecule has 4 heteroatoms. The molecule has 44 valence electrons. The summed E-state index contributed by atoms with van der Waals surface area (Å²) in [5.74, 6) is 0. The van der Waals surface area contributed by atoms with Crippen LogP contribution in [0.4, 0.5) is 0 Å². The molecule has 0 saturated carbocycles. The number of aromatic nitrogens is 4. The number of nitrogens with zero attached hydrogens (tertiary/aromatic N) is 4. The van der Waals surface area contributed by atoms with E-state index < -0.39 is 0 Å². The van der Waals surface area contributed by atoms with Crippen molar-refractivity contribution >= 4 is 5.65 Å². The summed E-state index contributed by atoms with van der Waals surface area (Å²) in [5, 5.41) is 7.40. The summed E-state index contributed by atoms with van der Waals surface area (Å²) in [6.07, 6.45) is 5.05. The van der Waals surface area contributed by atoms with Gasteiger partial charge in [0.2, 0.25) is 0 Å². The Labute approximate surface area is 51.1 Å². The lowest BCUT2D eigenvalue weighted by atomic mass is 10.7. The number of hydrogen-bond acceptors (Lipinski definition) is 3. The standard InChI is InChI=1S/C5H4N4/c1-2-7-8-9-4-3-6-5(1)9/h1-4H. The van der Waals surface area contributed by atoms with Gasteiger partial charge in [-0.3, -0.25) is 0 Å². The van der Waals surface area contributed by atoms with Crippen molar-refractivity contribution in [1.29, 1.82) is 0 Å². The minimum atomic E-state index is 0.824. The molecule has 0 fully saturated rings. The average Bonchev–Trinajstić information content (AvgIpc) is 2.33. The second kappa shape index (κ2) is 1.51. The molecule has 0 aliphatic heterocycles. The fourth-order valence-electron chi connectivity index (χ4n) is 0.689. The van der Waals surface area contributed by atoms with Crippen LogP contribution in [0.15, 0.2) is 24.7 Å². The Morgan fingerprint density at radius 1 is 1.33 bits per heavy atom. The minimum Gasteiger partial charge on any atom is -0.235 e. The van der Waals surface area contributed by atoms with E-state index >= 15 is 0 Å².